The Hall–Kier alpha value is -3.26. The van der Waals surface area contributed by atoms with E-state index in [-0.39, 0.29) is 24.1 Å². The molecule has 0 aliphatic heterocycles. The maximum atomic E-state index is 12.8. The average Bonchev–Trinajstić information content (AvgIpc) is 3.21. The molecule has 0 unspecified atom stereocenters. The number of hydrogen-bond donors (Lipinski definition) is 1. The molecule has 8 heteroatoms. The number of fused-ring (bicyclic) bond motifs is 1. The highest BCUT2D eigenvalue weighted by Gasteiger charge is 2.14. The molecule has 2 aromatic heterocycles. The SMILES string of the molecule is C[C@H](CCc1ccccc1)NC(=O)Cn1ncn2nc(-c3ccc(Br)cc3)cc2c1=O. The quantitative estimate of drug-likeness (QED) is 0.440. The van der Waals surface area contributed by atoms with E-state index >= 15 is 0 Å². The molecule has 31 heavy (non-hydrogen) atoms. The van der Waals surface area contributed by atoms with Gasteiger partial charge in [-0.1, -0.05) is 58.4 Å². The number of nitrogens with zero attached hydrogens (tertiary/aromatic N) is 4. The fourth-order valence-electron chi connectivity index (χ4n) is 3.37. The zero-order valence-electron chi connectivity index (χ0n) is 17.0. The third kappa shape index (κ3) is 5.08. The zero-order chi connectivity index (χ0) is 21.8. The number of amides is 1. The van der Waals surface area contributed by atoms with Crippen molar-refractivity contribution in [3.05, 3.63) is 87.4 Å². The molecule has 4 aromatic rings. The van der Waals surface area contributed by atoms with Crippen LogP contribution in [0.1, 0.15) is 18.9 Å². The summed E-state index contributed by atoms with van der Waals surface area (Å²) >= 11 is 3.41. The van der Waals surface area contributed by atoms with Crippen molar-refractivity contribution in [1.29, 1.82) is 0 Å². The highest BCUT2D eigenvalue weighted by molar-refractivity contribution is 9.10. The van der Waals surface area contributed by atoms with Crippen LogP contribution in [0.3, 0.4) is 0 Å². The first-order valence-corrected chi connectivity index (χ1v) is 10.8. The summed E-state index contributed by atoms with van der Waals surface area (Å²) in [7, 11) is 0. The van der Waals surface area contributed by atoms with Crippen molar-refractivity contribution in [2.45, 2.75) is 32.4 Å². The van der Waals surface area contributed by atoms with E-state index in [1.165, 1.54) is 21.1 Å². The number of benzene rings is 2. The van der Waals surface area contributed by atoms with Crippen LogP contribution in [0.15, 0.2) is 76.3 Å². The van der Waals surface area contributed by atoms with Crippen LogP contribution in [0.2, 0.25) is 0 Å². The van der Waals surface area contributed by atoms with Crippen molar-refractivity contribution in [2.24, 2.45) is 0 Å². The zero-order valence-corrected chi connectivity index (χ0v) is 18.6. The molecule has 0 saturated carbocycles. The van der Waals surface area contributed by atoms with E-state index < -0.39 is 0 Å². The van der Waals surface area contributed by atoms with Crippen LogP contribution in [-0.2, 0) is 17.8 Å². The van der Waals surface area contributed by atoms with Crippen molar-refractivity contribution in [2.75, 3.05) is 0 Å². The second kappa shape index (κ2) is 9.26. The van der Waals surface area contributed by atoms with Gasteiger partial charge in [-0.2, -0.15) is 10.2 Å². The fourth-order valence-corrected chi connectivity index (χ4v) is 3.63. The Morgan fingerprint density at radius 2 is 1.87 bits per heavy atom. The molecule has 0 aliphatic rings. The number of rotatable bonds is 7. The number of carbonyl (C=O) groups excluding carboxylic acids is 1. The summed E-state index contributed by atoms with van der Waals surface area (Å²) in [6, 6.07) is 19.5. The lowest BCUT2D eigenvalue weighted by atomic mass is 10.1. The summed E-state index contributed by atoms with van der Waals surface area (Å²) < 4.78 is 3.58. The van der Waals surface area contributed by atoms with E-state index in [2.05, 4.69) is 43.6 Å². The molecule has 4 rings (SSSR count). The summed E-state index contributed by atoms with van der Waals surface area (Å²) in [4.78, 5) is 25.3. The number of nitrogens with one attached hydrogen (secondary N) is 1. The van der Waals surface area contributed by atoms with Crippen molar-refractivity contribution in [1.82, 2.24) is 24.7 Å². The Morgan fingerprint density at radius 1 is 1.13 bits per heavy atom. The summed E-state index contributed by atoms with van der Waals surface area (Å²) in [5, 5.41) is 11.5. The van der Waals surface area contributed by atoms with Gasteiger partial charge in [-0.15, -0.1) is 0 Å². The maximum absolute atomic E-state index is 12.8. The lowest BCUT2D eigenvalue weighted by Crippen LogP contribution is -2.38. The number of aryl methyl sites for hydroxylation is 1. The first kappa shape index (κ1) is 21.0. The van der Waals surface area contributed by atoms with Crippen molar-refractivity contribution >= 4 is 27.4 Å². The van der Waals surface area contributed by atoms with Crippen LogP contribution in [-0.4, -0.2) is 31.3 Å². The van der Waals surface area contributed by atoms with Crippen LogP contribution in [0.5, 0.6) is 0 Å². The second-order valence-corrected chi connectivity index (χ2v) is 8.37. The minimum absolute atomic E-state index is 0.00823. The Kier molecular flexibility index (Phi) is 6.27. The summed E-state index contributed by atoms with van der Waals surface area (Å²) in [5.41, 5.74) is 2.81. The van der Waals surface area contributed by atoms with E-state index in [0.717, 1.165) is 22.9 Å². The number of halogens is 1. The van der Waals surface area contributed by atoms with Gasteiger partial charge >= 0.3 is 0 Å². The Balaban J connectivity index is 1.43. The van der Waals surface area contributed by atoms with E-state index in [4.69, 9.17) is 0 Å². The highest BCUT2D eigenvalue weighted by atomic mass is 79.9. The van der Waals surface area contributed by atoms with Crippen molar-refractivity contribution < 1.29 is 4.79 Å². The van der Waals surface area contributed by atoms with Crippen LogP contribution in [0.4, 0.5) is 0 Å². The van der Waals surface area contributed by atoms with E-state index in [1.807, 2.05) is 49.4 Å². The third-order valence-corrected chi connectivity index (χ3v) is 5.57. The number of aromatic nitrogens is 4. The Labute approximate surface area is 187 Å². The van der Waals surface area contributed by atoms with Gasteiger partial charge in [-0.25, -0.2) is 9.20 Å². The molecule has 0 bridgehead atoms. The van der Waals surface area contributed by atoms with Gasteiger partial charge in [0, 0.05) is 16.1 Å². The second-order valence-electron chi connectivity index (χ2n) is 7.45. The van der Waals surface area contributed by atoms with Gasteiger partial charge in [-0.3, -0.25) is 9.59 Å². The summed E-state index contributed by atoms with van der Waals surface area (Å²) in [6.45, 7) is 1.82. The molecule has 1 amide bonds. The van der Waals surface area contributed by atoms with Crippen LogP contribution >= 0.6 is 15.9 Å². The smallest absolute Gasteiger partial charge is 0.293 e. The number of hydrogen-bond acceptors (Lipinski definition) is 4. The molecule has 0 saturated heterocycles. The topological polar surface area (TPSA) is 81.3 Å². The van der Waals surface area contributed by atoms with Crippen LogP contribution in [0, 0.1) is 0 Å². The maximum Gasteiger partial charge on any atom is 0.293 e. The minimum atomic E-state index is -0.356. The van der Waals surface area contributed by atoms with Crippen molar-refractivity contribution in [3.8, 4) is 11.3 Å². The standard InChI is InChI=1S/C23H22BrN5O2/c1-16(7-8-17-5-3-2-4-6-17)26-22(30)14-28-23(31)21-13-20(27-29(21)15-25-28)18-9-11-19(24)12-10-18/h2-6,9-13,15-16H,7-8,14H2,1H3,(H,26,30)/t16-/m1/s1. The van der Waals surface area contributed by atoms with Crippen LogP contribution in [0.25, 0.3) is 16.8 Å². The molecular weight excluding hydrogens is 458 g/mol. The average molecular weight is 480 g/mol. The monoisotopic (exact) mass is 479 g/mol. The largest absolute Gasteiger partial charge is 0.352 e. The summed E-state index contributed by atoms with van der Waals surface area (Å²) in [6.07, 6.45) is 3.14. The first-order valence-electron chi connectivity index (χ1n) is 10.0. The molecular formula is C23H22BrN5O2. The van der Waals surface area contributed by atoms with Gasteiger partial charge in [-0.05, 0) is 43.5 Å². The van der Waals surface area contributed by atoms with Gasteiger partial charge in [0.25, 0.3) is 5.56 Å². The Morgan fingerprint density at radius 3 is 2.61 bits per heavy atom. The van der Waals surface area contributed by atoms with E-state index in [1.54, 1.807) is 6.07 Å². The molecule has 0 radical (unpaired) electrons. The minimum Gasteiger partial charge on any atom is -0.352 e. The number of carbonyl (C=O) groups is 1. The predicted molar refractivity (Wildman–Crippen MR) is 123 cm³/mol. The highest BCUT2D eigenvalue weighted by Crippen LogP contribution is 2.20. The molecule has 0 aliphatic carbocycles. The molecule has 1 N–H and O–H groups in total. The van der Waals surface area contributed by atoms with Crippen LogP contribution < -0.4 is 10.9 Å². The normalized spacial score (nSPS) is 12.1. The lowest BCUT2D eigenvalue weighted by Gasteiger charge is -2.14. The first-order chi connectivity index (χ1) is 15.0. The molecule has 2 aromatic carbocycles. The fraction of sp³-hybridized carbons (Fsp3) is 0.217. The predicted octanol–water partition coefficient (Wildman–Crippen LogP) is 3.46. The van der Waals surface area contributed by atoms with Gasteiger partial charge < -0.3 is 5.32 Å². The van der Waals surface area contributed by atoms with Gasteiger partial charge in [0.05, 0.1) is 5.69 Å². The van der Waals surface area contributed by atoms with Crippen molar-refractivity contribution in [3.63, 3.8) is 0 Å². The van der Waals surface area contributed by atoms with E-state index in [0.29, 0.717) is 11.2 Å². The van der Waals surface area contributed by atoms with Gasteiger partial charge in [0.15, 0.2) is 0 Å². The van der Waals surface area contributed by atoms with E-state index in [9.17, 15) is 9.59 Å². The molecule has 0 fully saturated rings. The lowest BCUT2D eigenvalue weighted by molar-refractivity contribution is -0.122. The molecule has 0 spiro atoms. The molecule has 1 atom stereocenters. The van der Waals surface area contributed by atoms with Gasteiger partial charge in [0.1, 0.15) is 18.4 Å². The molecule has 158 valence electrons. The molecule has 7 nitrogen and oxygen atoms in total. The third-order valence-electron chi connectivity index (χ3n) is 5.04. The van der Waals surface area contributed by atoms with Gasteiger partial charge in [0.2, 0.25) is 5.91 Å². The molecule has 2 heterocycles. The summed E-state index contributed by atoms with van der Waals surface area (Å²) in [5.74, 6) is -0.243. The Bertz CT molecular complexity index is 1250.